The monoisotopic (exact) mass is 312 g/mol. The Balaban J connectivity index is 0.00000361. The molecule has 1 rings (SSSR count). The van der Waals surface area contributed by atoms with Gasteiger partial charge in [-0.25, -0.2) is 0 Å². The van der Waals surface area contributed by atoms with Crippen LogP contribution < -0.4 is 10.6 Å². The molecule has 0 fully saturated rings. The van der Waals surface area contributed by atoms with Crippen LogP contribution in [0.1, 0.15) is 12.0 Å². The van der Waals surface area contributed by atoms with Gasteiger partial charge in [0, 0.05) is 26.9 Å². The molecular formula is C16H29ClN2Si. The summed E-state index contributed by atoms with van der Waals surface area (Å²) in [5.74, 6) is 0. The van der Waals surface area contributed by atoms with E-state index in [-0.39, 0.29) is 12.4 Å². The molecule has 0 radical (unpaired) electrons. The van der Waals surface area contributed by atoms with Crippen molar-refractivity contribution in [1.82, 2.24) is 5.32 Å². The van der Waals surface area contributed by atoms with Crippen molar-refractivity contribution in [3.63, 3.8) is 0 Å². The van der Waals surface area contributed by atoms with Gasteiger partial charge in [0.2, 0.25) is 0 Å². The first-order valence-corrected chi connectivity index (χ1v) is 10.9. The SMILES string of the molecule is C=Cc1ccc(NCCNCCC[Si](C)(C)C)cc1.Cl. The van der Waals surface area contributed by atoms with E-state index in [9.17, 15) is 0 Å². The average molecular weight is 313 g/mol. The summed E-state index contributed by atoms with van der Waals surface area (Å²) in [7, 11) is -0.851. The van der Waals surface area contributed by atoms with Gasteiger partial charge in [0.25, 0.3) is 0 Å². The molecule has 0 unspecified atom stereocenters. The summed E-state index contributed by atoms with van der Waals surface area (Å²) in [6.07, 6.45) is 3.17. The normalized spacial score (nSPS) is 10.8. The van der Waals surface area contributed by atoms with Crippen molar-refractivity contribution in [3.05, 3.63) is 36.4 Å². The highest BCUT2D eigenvalue weighted by Gasteiger charge is 2.11. The second kappa shape index (κ2) is 10.0. The highest BCUT2D eigenvalue weighted by atomic mass is 35.5. The number of hydrogen-bond donors (Lipinski definition) is 2. The summed E-state index contributed by atoms with van der Waals surface area (Å²) in [6.45, 7) is 14.2. The predicted octanol–water partition coefficient (Wildman–Crippen LogP) is 4.48. The zero-order valence-electron chi connectivity index (χ0n) is 13.0. The van der Waals surface area contributed by atoms with Crippen molar-refractivity contribution in [2.45, 2.75) is 32.1 Å². The van der Waals surface area contributed by atoms with E-state index in [1.807, 2.05) is 6.08 Å². The van der Waals surface area contributed by atoms with E-state index in [0.717, 1.165) is 25.2 Å². The highest BCUT2D eigenvalue weighted by Crippen LogP contribution is 2.10. The minimum Gasteiger partial charge on any atom is -0.384 e. The third-order valence-electron chi connectivity index (χ3n) is 3.06. The molecule has 0 spiro atoms. The molecule has 2 nitrogen and oxygen atoms in total. The zero-order valence-corrected chi connectivity index (χ0v) is 14.9. The van der Waals surface area contributed by atoms with Crippen LogP contribution in [0.15, 0.2) is 30.8 Å². The molecule has 0 saturated heterocycles. The van der Waals surface area contributed by atoms with Crippen molar-refractivity contribution in [3.8, 4) is 0 Å². The third-order valence-corrected chi connectivity index (χ3v) is 4.91. The topological polar surface area (TPSA) is 24.1 Å². The van der Waals surface area contributed by atoms with Gasteiger partial charge in [0.05, 0.1) is 0 Å². The third kappa shape index (κ3) is 9.18. The van der Waals surface area contributed by atoms with Gasteiger partial charge in [-0.15, -0.1) is 12.4 Å². The van der Waals surface area contributed by atoms with Crippen LogP contribution in [0.25, 0.3) is 6.08 Å². The molecule has 0 bridgehead atoms. The molecule has 4 heteroatoms. The molecule has 2 N–H and O–H groups in total. The van der Waals surface area contributed by atoms with Crippen LogP contribution in [-0.2, 0) is 0 Å². The second-order valence-corrected chi connectivity index (χ2v) is 11.8. The quantitative estimate of drug-likeness (QED) is 0.519. The van der Waals surface area contributed by atoms with Gasteiger partial charge in [-0.05, 0) is 30.7 Å². The summed E-state index contributed by atoms with van der Waals surface area (Å²) < 4.78 is 0. The zero-order chi connectivity index (χ0) is 14.1. The van der Waals surface area contributed by atoms with Gasteiger partial charge in [-0.3, -0.25) is 0 Å². The maximum absolute atomic E-state index is 3.75. The lowest BCUT2D eigenvalue weighted by Gasteiger charge is -2.15. The Morgan fingerprint density at radius 1 is 1.05 bits per heavy atom. The van der Waals surface area contributed by atoms with Crippen molar-refractivity contribution >= 4 is 32.2 Å². The smallest absolute Gasteiger partial charge is 0.0443 e. The molecule has 0 aliphatic carbocycles. The Labute approximate surface area is 131 Å². The Morgan fingerprint density at radius 3 is 2.25 bits per heavy atom. The fraction of sp³-hybridized carbons (Fsp3) is 0.500. The van der Waals surface area contributed by atoms with E-state index in [0.29, 0.717) is 0 Å². The molecule has 20 heavy (non-hydrogen) atoms. The van der Waals surface area contributed by atoms with E-state index in [4.69, 9.17) is 0 Å². The van der Waals surface area contributed by atoms with Gasteiger partial charge in [0.1, 0.15) is 0 Å². The molecule has 1 aromatic carbocycles. The van der Waals surface area contributed by atoms with Gasteiger partial charge >= 0.3 is 0 Å². The van der Waals surface area contributed by atoms with Gasteiger partial charge in [-0.1, -0.05) is 50.5 Å². The minimum atomic E-state index is -0.851. The lowest BCUT2D eigenvalue weighted by atomic mass is 10.2. The molecule has 0 atom stereocenters. The molecule has 114 valence electrons. The number of rotatable bonds is 9. The van der Waals surface area contributed by atoms with Crippen molar-refractivity contribution < 1.29 is 0 Å². The highest BCUT2D eigenvalue weighted by molar-refractivity contribution is 6.76. The first kappa shape index (κ1) is 19.2. The summed E-state index contributed by atoms with van der Waals surface area (Å²) in [5, 5.41) is 6.91. The van der Waals surface area contributed by atoms with Crippen LogP contribution in [0.5, 0.6) is 0 Å². The average Bonchev–Trinajstić information content (AvgIpc) is 2.37. The number of benzene rings is 1. The van der Waals surface area contributed by atoms with Gasteiger partial charge < -0.3 is 10.6 Å². The summed E-state index contributed by atoms with van der Waals surface area (Å²) in [4.78, 5) is 0. The van der Waals surface area contributed by atoms with E-state index in [1.165, 1.54) is 18.2 Å². The van der Waals surface area contributed by atoms with E-state index < -0.39 is 8.07 Å². The van der Waals surface area contributed by atoms with Crippen molar-refractivity contribution in [1.29, 1.82) is 0 Å². The van der Waals surface area contributed by atoms with Crippen LogP contribution >= 0.6 is 12.4 Å². The van der Waals surface area contributed by atoms with Gasteiger partial charge in [0.15, 0.2) is 0 Å². The lowest BCUT2D eigenvalue weighted by Crippen LogP contribution is -2.26. The summed E-state index contributed by atoms with van der Waals surface area (Å²) >= 11 is 0. The van der Waals surface area contributed by atoms with Crippen LogP contribution in [0.2, 0.25) is 25.7 Å². The molecular weight excluding hydrogens is 284 g/mol. The predicted molar refractivity (Wildman–Crippen MR) is 97.9 cm³/mol. The standard InChI is InChI=1S/C16H28N2Si.ClH/c1-5-15-7-9-16(10-8-15)18-13-12-17-11-6-14-19(2,3)4;/h5,7-10,17-18H,1,6,11-14H2,2-4H3;1H. The lowest BCUT2D eigenvalue weighted by molar-refractivity contribution is 0.684. The Bertz CT molecular complexity index is 371. The number of halogens is 1. The Hall–Kier alpha value is -0.773. The first-order valence-electron chi connectivity index (χ1n) is 7.18. The van der Waals surface area contributed by atoms with Crippen LogP contribution in [-0.4, -0.2) is 27.7 Å². The largest absolute Gasteiger partial charge is 0.384 e. The van der Waals surface area contributed by atoms with E-state index in [2.05, 4.69) is 61.1 Å². The van der Waals surface area contributed by atoms with Crippen molar-refractivity contribution in [2.24, 2.45) is 0 Å². The van der Waals surface area contributed by atoms with Crippen LogP contribution in [0.4, 0.5) is 5.69 Å². The van der Waals surface area contributed by atoms with Crippen LogP contribution in [0.3, 0.4) is 0 Å². The Morgan fingerprint density at radius 2 is 1.70 bits per heavy atom. The first-order chi connectivity index (χ1) is 9.01. The molecule has 1 aromatic rings. The Kier molecular flexibility index (Phi) is 9.64. The maximum Gasteiger partial charge on any atom is 0.0443 e. The molecule has 0 aliphatic heterocycles. The fourth-order valence-corrected chi connectivity index (χ4v) is 3.14. The number of hydrogen-bond acceptors (Lipinski definition) is 2. The molecule has 0 amide bonds. The molecule has 0 aromatic heterocycles. The fourth-order valence-electron chi connectivity index (χ4n) is 1.90. The molecule has 0 aliphatic rings. The summed E-state index contributed by atoms with van der Waals surface area (Å²) in [5.41, 5.74) is 2.34. The summed E-state index contributed by atoms with van der Waals surface area (Å²) in [6, 6.07) is 9.77. The van der Waals surface area contributed by atoms with Gasteiger partial charge in [-0.2, -0.15) is 0 Å². The van der Waals surface area contributed by atoms with E-state index >= 15 is 0 Å². The minimum absolute atomic E-state index is 0. The maximum atomic E-state index is 3.75. The molecule has 0 saturated carbocycles. The second-order valence-electron chi connectivity index (χ2n) is 6.17. The molecule has 0 heterocycles. The van der Waals surface area contributed by atoms with E-state index in [1.54, 1.807) is 0 Å². The number of anilines is 1. The van der Waals surface area contributed by atoms with Crippen LogP contribution in [0, 0.1) is 0 Å². The van der Waals surface area contributed by atoms with Crippen molar-refractivity contribution in [2.75, 3.05) is 25.0 Å². The number of nitrogens with one attached hydrogen (secondary N) is 2.